The average molecular weight is 235 g/mol. The van der Waals surface area contributed by atoms with Gasteiger partial charge in [0.1, 0.15) is 15.8 Å². The van der Waals surface area contributed by atoms with Crippen molar-refractivity contribution in [3.8, 4) is 17.2 Å². The lowest BCUT2D eigenvalue weighted by Crippen LogP contribution is -1.94. The van der Waals surface area contributed by atoms with Crippen molar-refractivity contribution < 1.29 is 9.90 Å². The minimum Gasteiger partial charge on any atom is -0.477 e. The van der Waals surface area contributed by atoms with Gasteiger partial charge in [-0.25, -0.2) is 4.79 Å². The highest BCUT2D eigenvalue weighted by atomic mass is 32.1. The van der Waals surface area contributed by atoms with Gasteiger partial charge >= 0.3 is 5.97 Å². The monoisotopic (exact) mass is 235 g/mol. The largest absolute Gasteiger partial charge is 0.477 e. The van der Waals surface area contributed by atoms with E-state index in [4.69, 9.17) is 10.4 Å². The van der Waals surface area contributed by atoms with Crippen LogP contribution in [0.5, 0.6) is 0 Å². The maximum Gasteiger partial charge on any atom is 0.346 e. The van der Waals surface area contributed by atoms with E-state index in [1.165, 1.54) is 22.7 Å². The highest BCUT2D eigenvalue weighted by Gasteiger charge is 2.16. The molecule has 1 N–H and O–H groups in total. The molecule has 0 saturated carbocycles. The Morgan fingerprint density at radius 2 is 1.93 bits per heavy atom. The van der Waals surface area contributed by atoms with Crippen molar-refractivity contribution >= 4 is 28.6 Å². The Morgan fingerprint density at radius 1 is 1.27 bits per heavy atom. The first-order valence-corrected chi connectivity index (χ1v) is 5.78. The Balaban J connectivity index is 2.60. The normalized spacial score (nSPS) is 9.80. The van der Waals surface area contributed by atoms with Gasteiger partial charge < -0.3 is 5.11 Å². The zero-order chi connectivity index (χ0) is 10.8. The maximum absolute atomic E-state index is 10.9. The molecule has 3 nitrogen and oxygen atoms in total. The van der Waals surface area contributed by atoms with E-state index in [0.717, 1.165) is 0 Å². The first kappa shape index (κ1) is 9.90. The van der Waals surface area contributed by atoms with Gasteiger partial charge in [0.15, 0.2) is 0 Å². The third kappa shape index (κ3) is 1.65. The minimum absolute atomic E-state index is 0.282. The molecule has 0 aliphatic carbocycles. The third-order valence-corrected chi connectivity index (χ3v) is 3.64. The topological polar surface area (TPSA) is 61.1 Å². The van der Waals surface area contributed by atoms with Crippen LogP contribution in [0.1, 0.15) is 14.5 Å². The molecule has 0 aliphatic rings. The molecule has 5 heteroatoms. The molecule has 0 aromatic carbocycles. The number of rotatable bonds is 2. The van der Waals surface area contributed by atoms with E-state index in [-0.39, 0.29) is 4.88 Å². The molecule has 15 heavy (non-hydrogen) atoms. The smallest absolute Gasteiger partial charge is 0.346 e. The summed E-state index contributed by atoms with van der Waals surface area (Å²) >= 11 is 2.49. The fraction of sp³-hybridized carbons (Fsp3) is 0. The van der Waals surface area contributed by atoms with E-state index in [2.05, 4.69) is 6.07 Å². The number of nitriles is 1. The van der Waals surface area contributed by atoms with Gasteiger partial charge in [0.2, 0.25) is 0 Å². The molecule has 2 aromatic rings. The van der Waals surface area contributed by atoms with Gasteiger partial charge in [-0.1, -0.05) is 0 Å². The summed E-state index contributed by atoms with van der Waals surface area (Å²) in [6.45, 7) is 0. The first-order valence-electron chi connectivity index (χ1n) is 4.03. The molecular weight excluding hydrogens is 230 g/mol. The number of nitrogens with zero attached hydrogens (tertiary/aromatic N) is 1. The summed E-state index contributed by atoms with van der Waals surface area (Å²) in [4.78, 5) is 11.7. The summed E-state index contributed by atoms with van der Waals surface area (Å²) in [6.07, 6.45) is 0. The van der Waals surface area contributed by atoms with Crippen LogP contribution in [0.2, 0.25) is 0 Å². The van der Waals surface area contributed by atoms with E-state index in [9.17, 15) is 4.79 Å². The molecule has 0 amide bonds. The Morgan fingerprint density at radius 3 is 2.60 bits per heavy atom. The van der Waals surface area contributed by atoms with Crippen molar-refractivity contribution in [1.82, 2.24) is 0 Å². The van der Waals surface area contributed by atoms with Crippen molar-refractivity contribution in [2.24, 2.45) is 0 Å². The molecule has 2 aromatic heterocycles. The zero-order valence-corrected chi connectivity index (χ0v) is 9.06. The summed E-state index contributed by atoms with van der Waals surface area (Å²) in [5.41, 5.74) is 1.34. The summed E-state index contributed by atoms with van der Waals surface area (Å²) < 4.78 is 0. The van der Waals surface area contributed by atoms with Crippen LogP contribution in [0.25, 0.3) is 11.1 Å². The van der Waals surface area contributed by atoms with E-state index in [1.807, 2.05) is 0 Å². The first-order chi connectivity index (χ1) is 7.24. The molecular formula is C10H5NO2S2. The van der Waals surface area contributed by atoms with Crippen molar-refractivity contribution in [3.63, 3.8) is 0 Å². The van der Waals surface area contributed by atoms with Crippen LogP contribution >= 0.6 is 22.7 Å². The second-order valence-electron chi connectivity index (χ2n) is 2.74. The highest BCUT2D eigenvalue weighted by Crippen LogP contribution is 2.33. The van der Waals surface area contributed by atoms with Crippen LogP contribution in [0.4, 0.5) is 0 Å². The molecule has 0 radical (unpaired) electrons. The van der Waals surface area contributed by atoms with E-state index < -0.39 is 5.97 Å². The maximum atomic E-state index is 10.9. The quantitative estimate of drug-likeness (QED) is 0.870. The minimum atomic E-state index is -0.949. The van der Waals surface area contributed by atoms with E-state index in [0.29, 0.717) is 16.0 Å². The van der Waals surface area contributed by atoms with Crippen LogP contribution in [0.15, 0.2) is 22.9 Å². The average Bonchev–Trinajstić information content (AvgIpc) is 2.85. The number of carbonyl (C=O) groups is 1. The van der Waals surface area contributed by atoms with Crippen LogP contribution in [-0.2, 0) is 0 Å². The third-order valence-electron chi connectivity index (χ3n) is 1.92. The molecule has 0 saturated heterocycles. The fourth-order valence-corrected chi connectivity index (χ4v) is 2.74. The summed E-state index contributed by atoms with van der Waals surface area (Å²) in [6, 6.07) is 5.57. The van der Waals surface area contributed by atoms with Gasteiger partial charge in [-0.15, -0.1) is 22.7 Å². The van der Waals surface area contributed by atoms with Crippen molar-refractivity contribution in [2.45, 2.75) is 0 Å². The van der Waals surface area contributed by atoms with Gasteiger partial charge in [-0.2, -0.15) is 5.26 Å². The van der Waals surface area contributed by atoms with Gasteiger partial charge in [-0.05, 0) is 22.9 Å². The second kappa shape index (κ2) is 3.85. The standard InChI is InChI=1S/C10H5NO2S2/c11-5-8-6(1-3-14-8)7-2-4-15-9(7)10(12)13/h1-4H,(H,12,13). The van der Waals surface area contributed by atoms with Crippen LogP contribution < -0.4 is 0 Å². The van der Waals surface area contributed by atoms with E-state index in [1.54, 1.807) is 22.9 Å². The second-order valence-corrected chi connectivity index (χ2v) is 4.58. The summed E-state index contributed by atoms with van der Waals surface area (Å²) in [5.74, 6) is -0.949. The Kier molecular flexibility index (Phi) is 2.54. The molecule has 74 valence electrons. The van der Waals surface area contributed by atoms with Gasteiger partial charge in [-0.3, -0.25) is 0 Å². The molecule has 2 rings (SSSR count). The molecule has 0 spiro atoms. The summed E-state index contributed by atoms with van der Waals surface area (Å²) in [5, 5.41) is 21.3. The molecule has 0 aliphatic heterocycles. The number of thiophene rings is 2. The fourth-order valence-electron chi connectivity index (χ4n) is 1.29. The zero-order valence-electron chi connectivity index (χ0n) is 7.43. The Bertz CT molecular complexity index is 548. The molecule has 0 unspecified atom stereocenters. The van der Waals surface area contributed by atoms with Gasteiger partial charge in [0.05, 0.1) is 0 Å². The van der Waals surface area contributed by atoms with Gasteiger partial charge in [0.25, 0.3) is 0 Å². The van der Waals surface area contributed by atoms with Crippen molar-refractivity contribution in [1.29, 1.82) is 5.26 Å². The molecule has 2 heterocycles. The number of carboxylic acids is 1. The predicted molar refractivity (Wildman–Crippen MR) is 59.3 cm³/mol. The summed E-state index contributed by atoms with van der Waals surface area (Å²) in [7, 11) is 0. The number of aromatic carboxylic acids is 1. The van der Waals surface area contributed by atoms with Crippen LogP contribution in [0, 0.1) is 11.3 Å². The SMILES string of the molecule is N#Cc1sccc1-c1ccsc1C(=O)O. The number of hydrogen-bond acceptors (Lipinski definition) is 4. The van der Waals surface area contributed by atoms with E-state index >= 15 is 0 Å². The number of carboxylic acid groups (broad SMARTS) is 1. The molecule has 0 bridgehead atoms. The molecule has 0 atom stereocenters. The Hall–Kier alpha value is -1.64. The Labute approximate surface area is 93.8 Å². The lowest BCUT2D eigenvalue weighted by molar-refractivity contribution is 0.0703. The van der Waals surface area contributed by atoms with Crippen LogP contribution in [-0.4, -0.2) is 11.1 Å². The lowest BCUT2D eigenvalue weighted by atomic mass is 10.1. The lowest BCUT2D eigenvalue weighted by Gasteiger charge is -1.96. The van der Waals surface area contributed by atoms with Crippen molar-refractivity contribution in [3.05, 3.63) is 32.6 Å². The molecule has 0 fully saturated rings. The number of hydrogen-bond donors (Lipinski definition) is 1. The van der Waals surface area contributed by atoms with Crippen molar-refractivity contribution in [2.75, 3.05) is 0 Å². The predicted octanol–water partition coefficient (Wildman–Crippen LogP) is 3.05. The van der Waals surface area contributed by atoms with Crippen LogP contribution in [0.3, 0.4) is 0 Å². The van der Waals surface area contributed by atoms with Gasteiger partial charge in [0, 0.05) is 11.1 Å². The highest BCUT2D eigenvalue weighted by molar-refractivity contribution is 7.13.